The zero-order valence-corrected chi connectivity index (χ0v) is 20.1. The van der Waals surface area contributed by atoms with Crippen molar-refractivity contribution >= 4 is 26.8 Å². The molecular formula is C22H23BrF3N3O4S. The molecule has 4 rings (SSSR count). The summed E-state index contributed by atoms with van der Waals surface area (Å²) >= 11 is 3.48. The second kappa shape index (κ2) is 10.3. The van der Waals surface area contributed by atoms with Crippen molar-refractivity contribution in [1.29, 1.82) is 0 Å². The highest BCUT2D eigenvalue weighted by Gasteiger charge is 2.46. The van der Waals surface area contributed by atoms with Gasteiger partial charge in [-0.15, -0.1) is 5.10 Å². The summed E-state index contributed by atoms with van der Waals surface area (Å²) in [5.41, 5.74) is 0.778. The van der Waals surface area contributed by atoms with E-state index in [0.29, 0.717) is 0 Å². The molecule has 1 aromatic heterocycles. The topological polar surface area (TPSA) is 112 Å². The summed E-state index contributed by atoms with van der Waals surface area (Å²) in [4.78, 5) is 0. The van der Waals surface area contributed by atoms with Crippen LogP contribution in [0.25, 0.3) is 11.3 Å². The maximum Gasteiger partial charge on any atom is 0.194 e. The molecule has 12 heteroatoms. The molecule has 3 aromatic rings. The number of hydrogen-bond donors (Lipinski definition) is 5. The van der Waals surface area contributed by atoms with E-state index in [4.69, 9.17) is 0 Å². The van der Waals surface area contributed by atoms with E-state index in [2.05, 4.69) is 26.2 Å². The Hall–Kier alpha value is -1.96. The van der Waals surface area contributed by atoms with Gasteiger partial charge in [-0.05, 0) is 23.8 Å². The van der Waals surface area contributed by atoms with E-state index < -0.39 is 57.1 Å². The van der Waals surface area contributed by atoms with Crippen molar-refractivity contribution in [2.24, 2.45) is 0 Å². The van der Waals surface area contributed by atoms with E-state index in [1.54, 1.807) is 0 Å². The van der Waals surface area contributed by atoms with Crippen molar-refractivity contribution in [2.75, 3.05) is 19.0 Å². The van der Waals surface area contributed by atoms with Crippen LogP contribution in [0.3, 0.4) is 0 Å². The van der Waals surface area contributed by atoms with Gasteiger partial charge in [0.1, 0.15) is 11.7 Å². The van der Waals surface area contributed by atoms with Gasteiger partial charge in [0.05, 0.1) is 31.6 Å². The third kappa shape index (κ3) is 4.62. The Balaban J connectivity index is 1.63. The number of aliphatic hydroxyl groups excluding tert-OH is 4. The molecule has 1 unspecified atom stereocenters. The lowest BCUT2D eigenvalue weighted by Gasteiger charge is -2.47. The minimum absolute atomic E-state index is 0.0204. The number of hydrogen-bond acceptors (Lipinski definition) is 6. The molecule has 6 atom stereocenters. The Labute approximate surface area is 204 Å². The summed E-state index contributed by atoms with van der Waals surface area (Å²) < 4.78 is 42.5. The second-order valence-corrected chi connectivity index (χ2v) is 11.6. The van der Waals surface area contributed by atoms with Crippen molar-refractivity contribution in [3.05, 3.63) is 70.1 Å². The molecule has 2 aromatic carbocycles. The molecule has 0 radical (unpaired) electrons. The minimum Gasteiger partial charge on any atom is -0.395 e. The molecule has 1 fully saturated rings. The quantitative estimate of drug-likeness (QED) is 0.233. The minimum atomic E-state index is -1.60. The Kier molecular flexibility index (Phi) is 7.65. The van der Waals surface area contributed by atoms with Gasteiger partial charge in [0, 0.05) is 26.3 Å². The molecular weight excluding hydrogens is 539 g/mol. The van der Waals surface area contributed by atoms with Gasteiger partial charge < -0.3 is 20.4 Å². The SMILES string of the molecule is OC[C@@H]1[C@H](O)[C@@H](n2cc(-c3cc(F)c(F)c(F)c3)nn2)[C@@H](O)C[SH]1[C@@H](CO)c1ccccc1Br. The summed E-state index contributed by atoms with van der Waals surface area (Å²) in [6.45, 7) is -0.614. The Morgan fingerprint density at radius 3 is 2.41 bits per heavy atom. The first-order chi connectivity index (χ1) is 16.3. The monoisotopic (exact) mass is 561 g/mol. The van der Waals surface area contributed by atoms with Gasteiger partial charge >= 0.3 is 0 Å². The molecule has 0 aliphatic carbocycles. The molecule has 7 nitrogen and oxygen atoms in total. The molecule has 2 heterocycles. The van der Waals surface area contributed by atoms with Gasteiger partial charge in [-0.2, -0.15) is 0 Å². The van der Waals surface area contributed by atoms with Crippen LogP contribution in [0.15, 0.2) is 47.1 Å². The predicted octanol–water partition coefficient (Wildman–Crippen LogP) is 2.50. The highest BCUT2D eigenvalue weighted by Crippen LogP contribution is 2.54. The molecule has 1 saturated heterocycles. The maximum absolute atomic E-state index is 13.6. The fraction of sp³-hybridized carbons (Fsp3) is 0.364. The molecule has 1 aliphatic rings. The van der Waals surface area contributed by atoms with E-state index >= 15 is 0 Å². The number of nitrogens with zero attached hydrogens (tertiary/aromatic N) is 3. The molecule has 34 heavy (non-hydrogen) atoms. The first kappa shape index (κ1) is 25.1. The van der Waals surface area contributed by atoms with Crippen molar-refractivity contribution in [3.8, 4) is 11.3 Å². The molecule has 0 saturated carbocycles. The molecule has 184 valence electrons. The zero-order valence-electron chi connectivity index (χ0n) is 17.6. The highest BCUT2D eigenvalue weighted by atomic mass is 79.9. The van der Waals surface area contributed by atoms with Crippen LogP contribution in [0, 0.1) is 17.5 Å². The third-order valence-electron chi connectivity index (χ3n) is 6.08. The lowest BCUT2D eigenvalue weighted by atomic mass is 10.0. The van der Waals surface area contributed by atoms with E-state index in [-0.39, 0.29) is 30.2 Å². The Morgan fingerprint density at radius 2 is 1.79 bits per heavy atom. The van der Waals surface area contributed by atoms with Crippen LogP contribution < -0.4 is 0 Å². The largest absolute Gasteiger partial charge is 0.395 e. The number of halogens is 4. The lowest BCUT2D eigenvalue weighted by molar-refractivity contribution is 0.00718. The van der Waals surface area contributed by atoms with Crippen LogP contribution in [-0.2, 0) is 0 Å². The number of rotatable bonds is 6. The van der Waals surface area contributed by atoms with Crippen molar-refractivity contribution in [2.45, 2.75) is 28.7 Å². The predicted molar refractivity (Wildman–Crippen MR) is 125 cm³/mol. The van der Waals surface area contributed by atoms with Gasteiger partial charge in [0.2, 0.25) is 0 Å². The number of thiol groups is 1. The van der Waals surface area contributed by atoms with E-state index in [1.807, 2.05) is 24.3 Å². The maximum atomic E-state index is 13.6. The van der Waals surface area contributed by atoms with Crippen LogP contribution >= 0.6 is 26.8 Å². The molecule has 1 aliphatic heterocycles. The fourth-order valence-corrected chi connectivity index (χ4v) is 8.34. The normalized spacial score (nSPS) is 27.0. The Morgan fingerprint density at radius 1 is 1.12 bits per heavy atom. The summed E-state index contributed by atoms with van der Waals surface area (Å²) in [6.07, 6.45) is -1.05. The number of benzene rings is 2. The van der Waals surface area contributed by atoms with Gasteiger partial charge in [-0.3, -0.25) is 0 Å². The van der Waals surface area contributed by atoms with Crippen LogP contribution in [-0.4, -0.2) is 71.8 Å². The highest BCUT2D eigenvalue weighted by molar-refractivity contribution is 9.10. The van der Waals surface area contributed by atoms with Gasteiger partial charge in [-0.1, -0.05) is 39.3 Å². The van der Waals surface area contributed by atoms with Crippen LogP contribution in [0.5, 0.6) is 0 Å². The zero-order chi connectivity index (χ0) is 24.6. The Bertz CT molecular complexity index is 1150. The van der Waals surface area contributed by atoms with Crippen molar-refractivity contribution in [3.63, 3.8) is 0 Å². The van der Waals surface area contributed by atoms with Gasteiger partial charge in [0.15, 0.2) is 17.5 Å². The second-order valence-electron chi connectivity index (χ2n) is 8.05. The van der Waals surface area contributed by atoms with E-state index in [9.17, 15) is 33.6 Å². The van der Waals surface area contributed by atoms with Gasteiger partial charge in [0.25, 0.3) is 0 Å². The van der Waals surface area contributed by atoms with Crippen molar-refractivity contribution < 1.29 is 33.6 Å². The summed E-state index contributed by atoms with van der Waals surface area (Å²) in [6, 6.07) is 7.89. The fourth-order valence-electron chi connectivity index (χ4n) is 4.40. The average molecular weight is 562 g/mol. The van der Waals surface area contributed by atoms with Crippen molar-refractivity contribution in [1.82, 2.24) is 15.0 Å². The van der Waals surface area contributed by atoms with Gasteiger partial charge in [-0.25, -0.2) is 28.7 Å². The first-order valence-corrected chi connectivity index (χ1v) is 12.9. The van der Waals surface area contributed by atoms with E-state index in [1.165, 1.54) is 10.9 Å². The molecule has 4 N–H and O–H groups in total. The average Bonchev–Trinajstić information content (AvgIpc) is 3.28. The lowest BCUT2D eigenvalue weighted by Crippen LogP contribution is -2.50. The molecule has 0 amide bonds. The summed E-state index contributed by atoms with van der Waals surface area (Å²) in [5.74, 6) is -4.16. The van der Waals surface area contributed by atoms with E-state index in [0.717, 1.165) is 22.2 Å². The number of aliphatic hydroxyl groups is 4. The standard InChI is InChI=1S/C22H23BrF3N3O4S/c23-13-4-2-1-3-12(13)18(8-30)34-10-17(32)21(22(33)19(34)9-31)29-7-16(27-28-29)11-5-14(24)20(26)15(25)6-11/h1-7,17-19,21-22,30-34H,8-10H2/t17-,18-,19+,21-,22-/m0/s1. The number of aromatic nitrogens is 3. The van der Waals surface area contributed by atoms with Crippen LogP contribution in [0.1, 0.15) is 16.9 Å². The molecule has 0 spiro atoms. The van der Waals surface area contributed by atoms with Crippen LogP contribution in [0.4, 0.5) is 13.2 Å². The first-order valence-electron chi connectivity index (χ1n) is 10.4. The third-order valence-corrected chi connectivity index (χ3v) is 10.2. The summed E-state index contributed by atoms with van der Waals surface area (Å²) in [5, 5.41) is 49.1. The van der Waals surface area contributed by atoms with Crippen LogP contribution in [0.2, 0.25) is 0 Å². The summed E-state index contributed by atoms with van der Waals surface area (Å²) in [7, 11) is -1.27. The molecule has 0 bridgehead atoms. The smallest absolute Gasteiger partial charge is 0.194 e.